The lowest BCUT2D eigenvalue weighted by atomic mass is 10.1. The third-order valence-corrected chi connectivity index (χ3v) is 7.07. The molecule has 164 valence electrons. The summed E-state index contributed by atoms with van der Waals surface area (Å²) in [4.78, 5) is 27.3. The van der Waals surface area contributed by atoms with Crippen LogP contribution in [0, 0.1) is 6.92 Å². The second-order valence-electron chi connectivity index (χ2n) is 8.20. The summed E-state index contributed by atoms with van der Waals surface area (Å²) in [6, 6.07) is 8.57. The number of thioether (sulfide) groups is 1. The van der Waals surface area contributed by atoms with Crippen LogP contribution in [0.5, 0.6) is 0 Å². The van der Waals surface area contributed by atoms with Gasteiger partial charge < -0.3 is 10.0 Å². The predicted octanol–water partition coefficient (Wildman–Crippen LogP) is 5.32. The summed E-state index contributed by atoms with van der Waals surface area (Å²) in [5.41, 5.74) is 4.28. The summed E-state index contributed by atoms with van der Waals surface area (Å²) in [6.07, 6.45) is 4.48. The van der Waals surface area contributed by atoms with Gasteiger partial charge in [0.1, 0.15) is 4.75 Å². The van der Waals surface area contributed by atoms with Crippen molar-refractivity contribution in [3.63, 3.8) is 0 Å². The van der Waals surface area contributed by atoms with E-state index in [4.69, 9.17) is 0 Å². The fourth-order valence-electron chi connectivity index (χ4n) is 2.90. The number of carbonyl (C=O) groups is 1. The van der Waals surface area contributed by atoms with Gasteiger partial charge in [0.05, 0.1) is 5.69 Å². The lowest BCUT2D eigenvalue weighted by Crippen LogP contribution is -2.34. The van der Waals surface area contributed by atoms with Gasteiger partial charge in [-0.25, -0.2) is 15.0 Å². The van der Waals surface area contributed by atoms with E-state index in [0.29, 0.717) is 5.95 Å². The molecule has 0 atom stereocenters. The molecule has 0 saturated heterocycles. The maximum Gasteiger partial charge on any atom is 0.319 e. The first kappa shape index (κ1) is 23.2. The SMILES string of the molecule is Cc1ccc(-c2cnc(N(CCc3csc(SC(C)(C)C(=O)O)n3)C(C)C)nc2)cc1. The second kappa shape index (κ2) is 9.78. The first-order chi connectivity index (χ1) is 14.7. The van der Waals surface area contributed by atoms with Gasteiger partial charge in [-0.3, -0.25) is 4.79 Å². The molecule has 0 unspecified atom stereocenters. The monoisotopic (exact) mass is 456 g/mol. The second-order valence-corrected chi connectivity index (χ2v) is 10.9. The topological polar surface area (TPSA) is 79.2 Å². The summed E-state index contributed by atoms with van der Waals surface area (Å²) in [5, 5.41) is 11.3. The molecule has 2 heterocycles. The predicted molar refractivity (Wildman–Crippen MR) is 128 cm³/mol. The maximum atomic E-state index is 11.3. The third-order valence-electron chi connectivity index (χ3n) is 4.90. The molecule has 2 aromatic heterocycles. The van der Waals surface area contributed by atoms with Crippen LogP contribution < -0.4 is 4.90 Å². The van der Waals surface area contributed by atoms with Gasteiger partial charge in [-0.1, -0.05) is 41.6 Å². The molecule has 0 radical (unpaired) electrons. The molecule has 0 aliphatic heterocycles. The zero-order valence-corrected chi connectivity index (χ0v) is 20.1. The van der Waals surface area contributed by atoms with Crippen molar-refractivity contribution in [2.75, 3.05) is 11.4 Å². The minimum Gasteiger partial charge on any atom is -0.480 e. The average molecular weight is 457 g/mol. The highest BCUT2D eigenvalue weighted by Gasteiger charge is 2.29. The summed E-state index contributed by atoms with van der Waals surface area (Å²) < 4.78 is -0.122. The maximum absolute atomic E-state index is 11.3. The minimum absolute atomic E-state index is 0.239. The Balaban J connectivity index is 1.67. The van der Waals surface area contributed by atoms with Crippen LogP contribution in [0.2, 0.25) is 0 Å². The number of aromatic nitrogens is 3. The zero-order valence-electron chi connectivity index (χ0n) is 18.5. The van der Waals surface area contributed by atoms with Crippen molar-refractivity contribution in [1.82, 2.24) is 15.0 Å². The molecule has 6 nitrogen and oxygen atoms in total. The molecule has 0 aliphatic rings. The van der Waals surface area contributed by atoms with E-state index in [-0.39, 0.29) is 6.04 Å². The number of carboxylic acids is 1. The highest BCUT2D eigenvalue weighted by atomic mass is 32.2. The van der Waals surface area contributed by atoms with E-state index in [2.05, 4.69) is 64.9 Å². The standard InChI is InChI=1S/C23H28N4O2S2/c1-15(2)27(11-10-19-14-30-22(26-19)31-23(4,5)20(28)29)21-24-12-18(13-25-21)17-8-6-16(3)7-9-17/h6-9,12-15H,10-11H2,1-5H3,(H,28,29). The number of aryl methyl sites for hydroxylation is 1. The van der Waals surface area contributed by atoms with Gasteiger partial charge in [0.25, 0.3) is 0 Å². The molecular formula is C23H28N4O2S2. The average Bonchev–Trinajstić information content (AvgIpc) is 3.15. The fraction of sp³-hybridized carbons (Fsp3) is 0.391. The van der Waals surface area contributed by atoms with Crippen molar-refractivity contribution >= 4 is 35.0 Å². The van der Waals surface area contributed by atoms with Gasteiger partial charge in [-0.2, -0.15) is 0 Å². The van der Waals surface area contributed by atoms with Gasteiger partial charge in [0.2, 0.25) is 5.95 Å². The van der Waals surface area contributed by atoms with E-state index < -0.39 is 10.7 Å². The Hall–Kier alpha value is -2.45. The molecule has 0 amide bonds. The molecule has 3 rings (SSSR count). The van der Waals surface area contributed by atoms with E-state index in [1.807, 2.05) is 17.8 Å². The lowest BCUT2D eigenvalue weighted by Gasteiger charge is -2.26. The third kappa shape index (κ3) is 6.04. The van der Waals surface area contributed by atoms with Crippen molar-refractivity contribution < 1.29 is 9.90 Å². The Morgan fingerprint density at radius 3 is 2.39 bits per heavy atom. The Labute approximate surface area is 191 Å². The van der Waals surface area contributed by atoms with Gasteiger partial charge in [-0.05, 0) is 40.2 Å². The molecule has 3 aromatic rings. The Bertz CT molecular complexity index is 1010. The van der Waals surface area contributed by atoms with Crippen LogP contribution >= 0.6 is 23.1 Å². The van der Waals surface area contributed by atoms with E-state index in [9.17, 15) is 9.90 Å². The van der Waals surface area contributed by atoms with Crippen molar-refractivity contribution in [2.24, 2.45) is 0 Å². The molecule has 0 fully saturated rings. The summed E-state index contributed by atoms with van der Waals surface area (Å²) in [5.74, 6) is -0.144. The fourth-order valence-corrected chi connectivity index (χ4v) is 5.13. The number of carboxylic acid groups (broad SMARTS) is 1. The van der Waals surface area contributed by atoms with Crippen LogP contribution in [0.3, 0.4) is 0 Å². The van der Waals surface area contributed by atoms with Crippen LogP contribution in [0.1, 0.15) is 39.0 Å². The van der Waals surface area contributed by atoms with Crippen molar-refractivity contribution in [2.45, 2.75) is 56.2 Å². The van der Waals surface area contributed by atoms with Crippen LogP contribution in [0.25, 0.3) is 11.1 Å². The number of aliphatic carboxylic acids is 1. The molecule has 0 saturated carbocycles. The first-order valence-corrected chi connectivity index (χ1v) is 11.9. The van der Waals surface area contributed by atoms with Crippen molar-refractivity contribution in [1.29, 1.82) is 0 Å². The number of benzene rings is 1. The Morgan fingerprint density at radius 1 is 1.16 bits per heavy atom. The van der Waals surface area contributed by atoms with Gasteiger partial charge in [0, 0.05) is 42.3 Å². The van der Waals surface area contributed by atoms with Crippen molar-refractivity contribution in [3.8, 4) is 11.1 Å². The van der Waals surface area contributed by atoms with Crippen LogP contribution in [0.4, 0.5) is 5.95 Å². The molecule has 0 aliphatic carbocycles. The Morgan fingerprint density at radius 2 is 1.81 bits per heavy atom. The molecule has 1 N–H and O–H groups in total. The normalized spacial score (nSPS) is 11.7. The van der Waals surface area contributed by atoms with Crippen LogP contribution in [0.15, 0.2) is 46.4 Å². The molecule has 8 heteroatoms. The quantitative estimate of drug-likeness (QED) is 0.436. The first-order valence-electron chi connectivity index (χ1n) is 10.2. The van der Waals surface area contributed by atoms with Crippen LogP contribution in [-0.2, 0) is 11.2 Å². The largest absolute Gasteiger partial charge is 0.480 e. The minimum atomic E-state index is -0.897. The number of hydrogen-bond donors (Lipinski definition) is 1. The number of hydrogen-bond acceptors (Lipinski definition) is 7. The summed E-state index contributed by atoms with van der Waals surface area (Å²) in [6.45, 7) is 10.4. The number of rotatable bonds is 9. The van der Waals surface area contributed by atoms with E-state index in [1.165, 1.54) is 28.7 Å². The van der Waals surface area contributed by atoms with E-state index in [1.54, 1.807) is 13.8 Å². The molecule has 1 aromatic carbocycles. The Kier molecular flexibility index (Phi) is 7.33. The number of anilines is 1. The highest BCUT2D eigenvalue weighted by Crippen LogP contribution is 2.34. The van der Waals surface area contributed by atoms with Crippen molar-refractivity contribution in [3.05, 3.63) is 53.3 Å². The van der Waals surface area contributed by atoms with E-state index >= 15 is 0 Å². The van der Waals surface area contributed by atoms with Gasteiger partial charge in [-0.15, -0.1) is 11.3 Å². The lowest BCUT2D eigenvalue weighted by molar-refractivity contribution is -0.138. The summed E-state index contributed by atoms with van der Waals surface area (Å²) in [7, 11) is 0. The smallest absolute Gasteiger partial charge is 0.319 e. The van der Waals surface area contributed by atoms with E-state index in [0.717, 1.165) is 34.1 Å². The molecular weight excluding hydrogens is 428 g/mol. The number of nitrogens with zero attached hydrogens (tertiary/aromatic N) is 4. The van der Waals surface area contributed by atoms with Gasteiger partial charge >= 0.3 is 5.97 Å². The zero-order chi connectivity index (χ0) is 22.6. The molecule has 31 heavy (non-hydrogen) atoms. The highest BCUT2D eigenvalue weighted by molar-refractivity contribution is 8.02. The number of thiazole rings is 1. The molecule has 0 bridgehead atoms. The van der Waals surface area contributed by atoms with Gasteiger partial charge in [0.15, 0.2) is 4.34 Å². The molecule has 0 spiro atoms. The summed E-state index contributed by atoms with van der Waals surface area (Å²) >= 11 is 2.77. The van der Waals surface area contributed by atoms with Crippen LogP contribution in [-0.4, -0.2) is 43.4 Å².